The first-order chi connectivity index (χ1) is 15.9. The van der Waals surface area contributed by atoms with Crippen LogP contribution in [0.25, 0.3) is 0 Å². The van der Waals surface area contributed by atoms with Gasteiger partial charge in [0, 0.05) is 29.1 Å². The average Bonchev–Trinajstić information content (AvgIpc) is 2.81. The predicted molar refractivity (Wildman–Crippen MR) is 130 cm³/mol. The topological polar surface area (TPSA) is 96.5 Å². The minimum absolute atomic E-state index is 0.0296. The van der Waals surface area contributed by atoms with Gasteiger partial charge in [-0.05, 0) is 55.3 Å². The molecule has 2 rings (SSSR count). The van der Waals surface area contributed by atoms with Crippen molar-refractivity contribution in [2.45, 2.75) is 58.8 Å². The highest BCUT2D eigenvalue weighted by Gasteiger charge is 2.11. The fraction of sp³-hybridized carbons (Fsp3) is 0.400. The van der Waals surface area contributed by atoms with Gasteiger partial charge >= 0.3 is 0 Å². The number of benzene rings is 2. The lowest BCUT2D eigenvalue weighted by molar-refractivity contribution is -0.124. The molecule has 0 unspecified atom stereocenters. The van der Waals surface area contributed by atoms with E-state index in [4.69, 9.17) is 16.3 Å². The van der Waals surface area contributed by atoms with Gasteiger partial charge < -0.3 is 10.1 Å². The van der Waals surface area contributed by atoms with E-state index in [-0.39, 0.29) is 18.7 Å². The lowest BCUT2D eigenvalue weighted by atomic mass is 10.2. The van der Waals surface area contributed by atoms with Crippen LogP contribution in [-0.2, 0) is 9.59 Å². The van der Waals surface area contributed by atoms with Crippen molar-refractivity contribution in [2.24, 2.45) is 0 Å². The SMILES string of the molecule is CCCCCCCOc1ccc(C(=O)NNC(=O)CCC(=O)Nc2cccc(Cl)c2C)cc1. The second-order valence-electron chi connectivity index (χ2n) is 7.75. The van der Waals surface area contributed by atoms with Crippen molar-refractivity contribution in [3.8, 4) is 5.75 Å². The van der Waals surface area contributed by atoms with Crippen LogP contribution in [0.5, 0.6) is 5.75 Å². The summed E-state index contributed by atoms with van der Waals surface area (Å²) in [6, 6.07) is 11.9. The molecule has 2 aromatic rings. The van der Waals surface area contributed by atoms with Gasteiger partial charge in [0.25, 0.3) is 5.91 Å². The molecule has 0 heterocycles. The summed E-state index contributed by atoms with van der Waals surface area (Å²) >= 11 is 6.04. The van der Waals surface area contributed by atoms with Gasteiger partial charge in [-0.3, -0.25) is 25.2 Å². The maximum Gasteiger partial charge on any atom is 0.269 e. The predicted octanol–water partition coefficient (Wildman–Crippen LogP) is 5.18. The molecule has 3 amide bonds. The molecule has 2 aromatic carbocycles. The number of halogens is 1. The molecule has 178 valence electrons. The van der Waals surface area contributed by atoms with Gasteiger partial charge in [-0.1, -0.05) is 50.3 Å². The summed E-state index contributed by atoms with van der Waals surface area (Å²) in [4.78, 5) is 36.3. The highest BCUT2D eigenvalue weighted by Crippen LogP contribution is 2.23. The van der Waals surface area contributed by atoms with Gasteiger partial charge in [-0.15, -0.1) is 0 Å². The number of ether oxygens (including phenoxy) is 1. The van der Waals surface area contributed by atoms with Crippen molar-refractivity contribution >= 4 is 35.0 Å². The number of nitrogens with one attached hydrogen (secondary N) is 3. The molecule has 0 radical (unpaired) electrons. The lowest BCUT2D eigenvalue weighted by Crippen LogP contribution is -2.41. The molecule has 0 fully saturated rings. The Morgan fingerprint density at radius 1 is 0.879 bits per heavy atom. The van der Waals surface area contributed by atoms with Crippen LogP contribution in [0.15, 0.2) is 42.5 Å². The normalized spacial score (nSPS) is 10.4. The third kappa shape index (κ3) is 9.53. The molecule has 0 saturated heterocycles. The van der Waals surface area contributed by atoms with Crippen LogP contribution < -0.4 is 20.9 Å². The lowest BCUT2D eigenvalue weighted by Gasteiger charge is -2.10. The van der Waals surface area contributed by atoms with Gasteiger partial charge in [0.05, 0.1) is 6.61 Å². The van der Waals surface area contributed by atoms with Gasteiger partial charge in [-0.2, -0.15) is 0 Å². The molecule has 0 bridgehead atoms. The standard InChI is InChI=1S/C25H32ClN3O4/c1-3-4-5-6-7-17-33-20-13-11-19(12-14-20)25(32)29-28-24(31)16-15-23(30)27-22-10-8-9-21(26)18(22)2/h8-14H,3-7,15-17H2,1-2H3,(H,27,30)(H,28,31)(H,29,32). The van der Waals surface area contributed by atoms with Gasteiger partial charge in [0.2, 0.25) is 11.8 Å². The number of hydrogen-bond acceptors (Lipinski definition) is 4. The number of rotatable bonds is 12. The number of amides is 3. The van der Waals surface area contributed by atoms with Crippen molar-refractivity contribution in [1.29, 1.82) is 0 Å². The van der Waals surface area contributed by atoms with Crippen LogP contribution in [0.4, 0.5) is 5.69 Å². The molecule has 0 aromatic heterocycles. The maximum atomic E-state index is 12.2. The van der Waals surface area contributed by atoms with Crippen LogP contribution in [0.3, 0.4) is 0 Å². The van der Waals surface area contributed by atoms with Crippen LogP contribution >= 0.6 is 11.6 Å². The van der Waals surface area contributed by atoms with Crippen molar-refractivity contribution in [2.75, 3.05) is 11.9 Å². The fourth-order valence-electron chi connectivity index (χ4n) is 3.04. The summed E-state index contributed by atoms with van der Waals surface area (Å²) in [5, 5.41) is 3.28. The highest BCUT2D eigenvalue weighted by molar-refractivity contribution is 6.31. The van der Waals surface area contributed by atoms with Crippen LogP contribution in [0.1, 0.15) is 67.8 Å². The summed E-state index contributed by atoms with van der Waals surface area (Å²) in [6.07, 6.45) is 5.73. The van der Waals surface area contributed by atoms with E-state index in [1.165, 1.54) is 19.3 Å². The zero-order chi connectivity index (χ0) is 24.1. The number of unbranched alkanes of at least 4 members (excludes halogenated alkanes) is 4. The third-order valence-electron chi connectivity index (χ3n) is 5.07. The quantitative estimate of drug-likeness (QED) is 0.292. The molecule has 8 heteroatoms. The van der Waals surface area contributed by atoms with E-state index in [0.717, 1.165) is 18.4 Å². The number of anilines is 1. The first-order valence-corrected chi connectivity index (χ1v) is 11.7. The minimum Gasteiger partial charge on any atom is -0.494 e. The Hall–Kier alpha value is -3.06. The number of carbonyl (C=O) groups excluding carboxylic acids is 3. The first-order valence-electron chi connectivity index (χ1n) is 11.3. The first kappa shape index (κ1) is 26.2. The average molecular weight is 474 g/mol. The second-order valence-corrected chi connectivity index (χ2v) is 8.16. The van der Waals surface area contributed by atoms with E-state index in [9.17, 15) is 14.4 Å². The van der Waals surface area contributed by atoms with E-state index in [1.54, 1.807) is 49.4 Å². The summed E-state index contributed by atoms with van der Waals surface area (Å²) < 4.78 is 5.68. The molecule has 0 aliphatic heterocycles. The number of hydrogen-bond donors (Lipinski definition) is 3. The van der Waals surface area contributed by atoms with E-state index in [2.05, 4.69) is 23.1 Å². The van der Waals surface area contributed by atoms with E-state index < -0.39 is 11.8 Å². The van der Waals surface area contributed by atoms with Crippen LogP contribution in [0.2, 0.25) is 5.02 Å². The Bertz CT molecular complexity index is 932. The van der Waals surface area contributed by atoms with Crippen molar-refractivity contribution < 1.29 is 19.1 Å². The molecule has 0 atom stereocenters. The Labute approximate surface area is 200 Å². The Morgan fingerprint density at radius 3 is 2.30 bits per heavy atom. The van der Waals surface area contributed by atoms with Gasteiger partial charge in [0.1, 0.15) is 5.75 Å². The van der Waals surface area contributed by atoms with E-state index in [1.807, 2.05) is 0 Å². The number of carbonyl (C=O) groups is 3. The minimum atomic E-state index is -0.468. The molecule has 33 heavy (non-hydrogen) atoms. The smallest absolute Gasteiger partial charge is 0.269 e. The molecule has 7 nitrogen and oxygen atoms in total. The van der Waals surface area contributed by atoms with Gasteiger partial charge in [-0.25, -0.2) is 0 Å². The Kier molecular flexibility index (Phi) is 11.2. The molecular formula is C25H32ClN3O4. The number of hydrazine groups is 1. The highest BCUT2D eigenvalue weighted by atomic mass is 35.5. The van der Waals surface area contributed by atoms with Crippen molar-refractivity contribution in [3.63, 3.8) is 0 Å². The molecule has 0 aliphatic carbocycles. The largest absolute Gasteiger partial charge is 0.494 e. The fourth-order valence-corrected chi connectivity index (χ4v) is 3.22. The van der Waals surface area contributed by atoms with Crippen LogP contribution in [0, 0.1) is 6.92 Å². The summed E-state index contributed by atoms with van der Waals surface area (Å²) in [6.45, 7) is 4.63. The Balaban J connectivity index is 1.67. The zero-order valence-electron chi connectivity index (χ0n) is 19.2. The molecular weight excluding hydrogens is 442 g/mol. The Morgan fingerprint density at radius 2 is 1.58 bits per heavy atom. The zero-order valence-corrected chi connectivity index (χ0v) is 20.0. The van der Waals surface area contributed by atoms with Crippen molar-refractivity contribution in [3.05, 3.63) is 58.6 Å². The molecule has 3 N–H and O–H groups in total. The summed E-state index contributed by atoms with van der Waals surface area (Å²) in [5.74, 6) is -0.535. The van der Waals surface area contributed by atoms with Crippen LogP contribution in [-0.4, -0.2) is 24.3 Å². The molecule has 0 aliphatic rings. The third-order valence-corrected chi connectivity index (χ3v) is 5.48. The van der Waals surface area contributed by atoms with E-state index in [0.29, 0.717) is 28.6 Å². The molecule has 0 saturated carbocycles. The van der Waals surface area contributed by atoms with Gasteiger partial charge in [0.15, 0.2) is 0 Å². The van der Waals surface area contributed by atoms with Crippen molar-refractivity contribution in [1.82, 2.24) is 10.9 Å². The summed E-state index contributed by atoms with van der Waals surface area (Å²) in [7, 11) is 0. The van der Waals surface area contributed by atoms with E-state index >= 15 is 0 Å². The monoisotopic (exact) mass is 473 g/mol. The molecule has 0 spiro atoms. The second kappa shape index (κ2) is 14.2. The summed E-state index contributed by atoms with van der Waals surface area (Å²) in [5.41, 5.74) is 6.42. The maximum absolute atomic E-state index is 12.2.